The van der Waals surface area contributed by atoms with Crippen molar-refractivity contribution in [2.24, 2.45) is 0 Å². The Morgan fingerprint density at radius 1 is 1.32 bits per heavy atom. The van der Waals surface area contributed by atoms with E-state index in [9.17, 15) is 0 Å². The van der Waals surface area contributed by atoms with Crippen LogP contribution < -0.4 is 10.5 Å². The Morgan fingerprint density at radius 2 is 2.05 bits per heavy atom. The smallest absolute Gasteiger partial charge is 0.143 e. The van der Waals surface area contributed by atoms with Gasteiger partial charge < -0.3 is 10.5 Å². The summed E-state index contributed by atoms with van der Waals surface area (Å²) in [5.74, 6) is 0.576. The van der Waals surface area contributed by atoms with Crippen molar-refractivity contribution in [3.63, 3.8) is 0 Å². The highest BCUT2D eigenvalue weighted by atomic mass is 79.9. The first-order chi connectivity index (χ1) is 8.99. The molecule has 0 aliphatic carbocycles. The monoisotopic (exact) mass is 360 g/mol. The molecule has 19 heavy (non-hydrogen) atoms. The van der Waals surface area contributed by atoms with Gasteiger partial charge >= 0.3 is 0 Å². The van der Waals surface area contributed by atoms with Gasteiger partial charge in [0.05, 0.1) is 10.7 Å². The average Bonchev–Trinajstić information content (AvgIpc) is 2.32. The van der Waals surface area contributed by atoms with Crippen LogP contribution in [0.3, 0.4) is 0 Å². The molecule has 6 heteroatoms. The topological polar surface area (TPSA) is 48.1 Å². The van der Waals surface area contributed by atoms with E-state index in [0.29, 0.717) is 27.2 Å². The lowest BCUT2D eigenvalue weighted by Crippen LogP contribution is -2.07. The second kappa shape index (κ2) is 5.99. The summed E-state index contributed by atoms with van der Waals surface area (Å²) in [5.41, 5.74) is 7.07. The van der Waals surface area contributed by atoms with Gasteiger partial charge in [-0.3, -0.25) is 0 Å². The Labute approximate surface area is 129 Å². The van der Waals surface area contributed by atoms with Crippen LogP contribution in [-0.4, -0.2) is 4.98 Å². The van der Waals surface area contributed by atoms with Gasteiger partial charge in [-0.25, -0.2) is 4.98 Å². The zero-order chi connectivity index (χ0) is 14.0. The first-order valence-electron chi connectivity index (χ1n) is 5.50. The molecule has 0 saturated heterocycles. The predicted molar refractivity (Wildman–Crippen MR) is 81.9 cm³/mol. The van der Waals surface area contributed by atoms with E-state index in [1.165, 1.54) is 0 Å². The Morgan fingerprint density at radius 3 is 2.68 bits per heavy atom. The van der Waals surface area contributed by atoms with E-state index in [0.717, 1.165) is 4.47 Å². The number of rotatable bonds is 3. The van der Waals surface area contributed by atoms with E-state index in [2.05, 4.69) is 20.9 Å². The Balaban J connectivity index is 2.28. The lowest BCUT2D eigenvalue weighted by molar-refractivity contribution is 0.228. The lowest BCUT2D eigenvalue weighted by atomic mass is 10.2. The fraction of sp³-hybridized carbons (Fsp3) is 0.154. The van der Waals surface area contributed by atoms with Crippen LogP contribution in [0.15, 0.2) is 34.9 Å². The number of nitrogens with two attached hydrogens (primary N) is 1. The van der Waals surface area contributed by atoms with Crippen molar-refractivity contribution in [3.05, 3.63) is 50.7 Å². The lowest BCUT2D eigenvalue weighted by Gasteiger charge is -2.18. The van der Waals surface area contributed by atoms with Gasteiger partial charge in [0.15, 0.2) is 0 Å². The van der Waals surface area contributed by atoms with Crippen LogP contribution in [0.4, 0.5) is 5.69 Å². The molecule has 3 nitrogen and oxygen atoms in total. The molecule has 2 N–H and O–H groups in total. The SMILES string of the molecule is CC(Oc1ccc(Br)cc1N)c1c(Cl)ccnc1Cl. The maximum atomic E-state index is 6.11. The second-order valence-electron chi connectivity index (χ2n) is 3.94. The van der Waals surface area contributed by atoms with Crippen molar-refractivity contribution in [1.29, 1.82) is 0 Å². The van der Waals surface area contributed by atoms with Gasteiger partial charge in [0, 0.05) is 16.2 Å². The summed E-state index contributed by atoms with van der Waals surface area (Å²) in [5, 5.41) is 0.846. The molecule has 0 radical (unpaired) electrons. The Hall–Kier alpha value is -0.970. The van der Waals surface area contributed by atoms with Crippen LogP contribution in [0.1, 0.15) is 18.6 Å². The maximum Gasteiger partial charge on any atom is 0.143 e. The highest BCUT2D eigenvalue weighted by Gasteiger charge is 2.17. The standard InChI is InChI=1S/C13H11BrCl2N2O/c1-7(12-9(15)4-5-18-13(12)16)19-11-3-2-8(14)6-10(11)17/h2-7H,17H2,1H3. The molecule has 0 saturated carbocycles. The van der Waals surface area contributed by atoms with Crippen LogP contribution in [-0.2, 0) is 0 Å². The van der Waals surface area contributed by atoms with Gasteiger partial charge in [0.1, 0.15) is 17.0 Å². The van der Waals surface area contributed by atoms with Gasteiger partial charge in [-0.05, 0) is 31.2 Å². The summed E-state index contributed by atoms with van der Waals surface area (Å²) >= 11 is 15.5. The van der Waals surface area contributed by atoms with Gasteiger partial charge in [-0.2, -0.15) is 0 Å². The third-order valence-corrected chi connectivity index (χ3v) is 3.69. The summed E-state index contributed by atoms with van der Waals surface area (Å²) in [7, 11) is 0. The minimum atomic E-state index is -0.350. The summed E-state index contributed by atoms with van der Waals surface area (Å²) < 4.78 is 6.68. The summed E-state index contributed by atoms with van der Waals surface area (Å²) in [6.45, 7) is 1.84. The molecule has 1 aromatic heterocycles. The molecule has 1 heterocycles. The van der Waals surface area contributed by atoms with Crippen molar-refractivity contribution >= 4 is 44.8 Å². The normalized spacial score (nSPS) is 12.2. The molecule has 0 spiro atoms. The Kier molecular flexibility index (Phi) is 4.55. The van der Waals surface area contributed by atoms with Gasteiger partial charge in [-0.1, -0.05) is 39.1 Å². The number of ether oxygens (including phenoxy) is 1. The first kappa shape index (κ1) is 14.4. The van der Waals surface area contributed by atoms with E-state index in [4.69, 9.17) is 33.7 Å². The van der Waals surface area contributed by atoms with Crippen LogP contribution in [0, 0.1) is 0 Å². The van der Waals surface area contributed by atoms with Crippen molar-refractivity contribution in [3.8, 4) is 5.75 Å². The molecule has 100 valence electrons. The van der Waals surface area contributed by atoms with Crippen LogP contribution >= 0.6 is 39.1 Å². The van der Waals surface area contributed by atoms with Crippen LogP contribution in [0.2, 0.25) is 10.2 Å². The van der Waals surface area contributed by atoms with Crippen molar-refractivity contribution in [1.82, 2.24) is 4.98 Å². The number of halogens is 3. The van der Waals surface area contributed by atoms with Crippen LogP contribution in [0.25, 0.3) is 0 Å². The molecule has 1 aromatic carbocycles. The number of hydrogen-bond acceptors (Lipinski definition) is 3. The zero-order valence-corrected chi connectivity index (χ0v) is 13.1. The summed E-state index contributed by atoms with van der Waals surface area (Å²) in [4.78, 5) is 4.00. The van der Waals surface area contributed by atoms with E-state index < -0.39 is 0 Å². The van der Waals surface area contributed by atoms with Gasteiger partial charge in [0.2, 0.25) is 0 Å². The fourth-order valence-electron chi connectivity index (χ4n) is 1.66. The fourth-order valence-corrected chi connectivity index (χ4v) is 2.70. The van der Waals surface area contributed by atoms with Crippen molar-refractivity contribution < 1.29 is 4.74 Å². The Bertz CT molecular complexity index is 587. The number of hydrogen-bond donors (Lipinski definition) is 1. The second-order valence-corrected chi connectivity index (χ2v) is 5.62. The molecule has 0 fully saturated rings. The van der Waals surface area contributed by atoms with Crippen molar-refractivity contribution in [2.75, 3.05) is 5.73 Å². The van der Waals surface area contributed by atoms with Gasteiger partial charge in [0.25, 0.3) is 0 Å². The zero-order valence-electron chi connectivity index (χ0n) is 10.0. The molecule has 0 aliphatic heterocycles. The third kappa shape index (κ3) is 3.32. The number of nitrogen functional groups attached to an aromatic ring is 1. The molecule has 0 amide bonds. The maximum absolute atomic E-state index is 6.11. The first-order valence-corrected chi connectivity index (χ1v) is 7.05. The van der Waals surface area contributed by atoms with E-state index in [-0.39, 0.29) is 6.10 Å². The molecule has 2 rings (SSSR count). The quantitative estimate of drug-likeness (QED) is 0.626. The highest BCUT2D eigenvalue weighted by Crippen LogP contribution is 2.34. The highest BCUT2D eigenvalue weighted by molar-refractivity contribution is 9.10. The van der Waals surface area contributed by atoms with E-state index in [1.54, 1.807) is 24.4 Å². The molecule has 0 bridgehead atoms. The van der Waals surface area contributed by atoms with Crippen molar-refractivity contribution in [2.45, 2.75) is 13.0 Å². The van der Waals surface area contributed by atoms with E-state index >= 15 is 0 Å². The van der Waals surface area contributed by atoms with Crippen LogP contribution in [0.5, 0.6) is 5.75 Å². The largest absolute Gasteiger partial charge is 0.484 e. The molecule has 0 aliphatic rings. The number of aromatic nitrogens is 1. The number of nitrogens with zero attached hydrogens (tertiary/aromatic N) is 1. The third-order valence-electron chi connectivity index (χ3n) is 2.57. The summed E-state index contributed by atoms with van der Waals surface area (Å²) in [6, 6.07) is 7.08. The number of pyridine rings is 1. The predicted octanol–water partition coefficient (Wildman–Crippen LogP) is 4.87. The molecular weight excluding hydrogens is 351 g/mol. The van der Waals surface area contributed by atoms with Gasteiger partial charge in [-0.15, -0.1) is 0 Å². The average molecular weight is 362 g/mol. The number of benzene rings is 1. The molecule has 1 unspecified atom stereocenters. The number of anilines is 1. The summed E-state index contributed by atoms with van der Waals surface area (Å²) in [6.07, 6.45) is 1.20. The molecular formula is C13H11BrCl2N2O. The minimum absolute atomic E-state index is 0.329. The molecule has 1 atom stereocenters. The van der Waals surface area contributed by atoms with E-state index in [1.807, 2.05) is 13.0 Å². The minimum Gasteiger partial charge on any atom is -0.484 e. The molecule has 2 aromatic rings.